The van der Waals surface area contributed by atoms with E-state index in [1.165, 1.54) is 8.61 Å². The third-order valence-electron chi connectivity index (χ3n) is 7.38. The van der Waals surface area contributed by atoms with Gasteiger partial charge in [-0.2, -0.15) is 4.31 Å². The van der Waals surface area contributed by atoms with Gasteiger partial charge >= 0.3 is 0 Å². The van der Waals surface area contributed by atoms with Crippen molar-refractivity contribution in [3.05, 3.63) is 155 Å². The summed E-state index contributed by atoms with van der Waals surface area (Å²) in [5.74, 6) is 0. The van der Waals surface area contributed by atoms with Gasteiger partial charge in [-0.25, -0.2) is 16.8 Å². The molecule has 0 heterocycles. The van der Waals surface area contributed by atoms with Crippen molar-refractivity contribution in [1.82, 2.24) is 8.61 Å². The number of aryl methyl sites for hydroxylation is 2. The smallest absolute Gasteiger partial charge is 0.264 e. The molecule has 0 bridgehead atoms. The van der Waals surface area contributed by atoms with Gasteiger partial charge in [0.15, 0.2) is 0 Å². The van der Waals surface area contributed by atoms with Crippen molar-refractivity contribution in [2.45, 2.75) is 49.2 Å². The minimum atomic E-state index is -3.97. The molecule has 0 saturated heterocycles. The van der Waals surface area contributed by atoms with Crippen LogP contribution in [0, 0.1) is 13.8 Å². The summed E-state index contributed by atoms with van der Waals surface area (Å²) in [4.78, 5) is 0.348. The summed E-state index contributed by atoms with van der Waals surface area (Å²) in [6, 6.07) is 31.5. The van der Waals surface area contributed by atoms with Gasteiger partial charge < -0.3 is 0 Å². The van der Waals surface area contributed by atoms with Crippen molar-refractivity contribution in [2.75, 3.05) is 0 Å². The Bertz CT molecular complexity index is 1800. The van der Waals surface area contributed by atoms with Gasteiger partial charge in [0.1, 0.15) is 0 Å². The van der Waals surface area contributed by atoms with Crippen molar-refractivity contribution in [1.29, 1.82) is 0 Å². The second-order valence-corrected chi connectivity index (χ2v) is 14.4. The first kappa shape index (κ1) is 29.5. The first-order valence-corrected chi connectivity index (χ1v) is 16.6. The summed E-state index contributed by atoms with van der Waals surface area (Å²) in [6.07, 6.45) is 2.00. The van der Waals surface area contributed by atoms with Crippen LogP contribution in [0.25, 0.3) is 0 Å². The van der Waals surface area contributed by atoms with Gasteiger partial charge in [-0.1, -0.05) is 108 Å². The first-order valence-electron chi connectivity index (χ1n) is 13.7. The maximum atomic E-state index is 14.1. The van der Waals surface area contributed by atoms with Crippen LogP contribution in [0.1, 0.15) is 28.7 Å². The molecule has 1 atom stereocenters. The van der Waals surface area contributed by atoms with Gasteiger partial charge in [0, 0.05) is 12.7 Å². The number of benzene rings is 4. The highest BCUT2D eigenvalue weighted by Gasteiger charge is 2.42. The van der Waals surface area contributed by atoms with Crippen LogP contribution < -0.4 is 0 Å². The minimum Gasteiger partial charge on any atom is -0.269 e. The van der Waals surface area contributed by atoms with Gasteiger partial charge in [-0.05, 0) is 61.2 Å². The highest BCUT2D eigenvalue weighted by atomic mass is 32.2. The number of sulfonamides is 2. The quantitative estimate of drug-likeness (QED) is 0.193. The molecule has 0 spiro atoms. The molecule has 1 aliphatic carbocycles. The predicted molar refractivity (Wildman–Crippen MR) is 166 cm³/mol. The Labute approximate surface area is 249 Å². The summed E-state index contributed by atoms with van der Waals surface area (Å²) in [6.45, 7) is 8.20. The van der Waals surface area contributed by atoms with Crippen LogP contribution in [0.3, 0.4) is 0 Å². The standard InChI is InChI=1S/C34H34N2O4S2/c1-26-14-18-32(19-15-26)41(37,38)35(23-29-10-6-4-7-11-29)25-31-22-28(3)34(31)36(24-30-12-8-5-9-13-30)42(39,40)33-20-16-27(2)17-21-33/h4-21,25,34H,3,22-24H2,1-2H3/b31-25+. The van der Waals surface area contributed by atoms with E-state index in [-0.39, 0.29) is 22.9 Å². The lowest BCUT2D eigenvalue weighted by molar-refractivity contribution is 0.336. The van der Waals surface area contributed by atoms with Gasteiger partial charge in [-0.3, -0.25) is 4.31 Å². The van der Waals surface area contributed by atoms with Crippen molar-refractivity contribution in [3.8, 4) is 0 Å². The zero-order valence-electron chi connectivity index (χ0n) is 23.7. The van der Waals surface area contributed by atoms with E-state index in [1.54, 1.807) is 54.7 Å². The maximum Gasteiger partial charge on any atom is 0.264 e. The van der Waals surface area contributed by atoms with Gasteiger partial charge in [0.25, 0.3) is 10.0 Å². The van der Waals surface area contributed by atoms with Crippen molar-refractivity contribution >= 4 is 20.0 Å². The monoisotopic (exact) mass is 598 g/mol. The minimum absolute atomic E-state index is 0.100. The Hall–Kier alpha value is -3.98. The third-order valence-corrected chi connectivity index (χ3v) is 10.9. The molecule has 1 saturated carbocycles. The van der Waals surface area contributed by atoms with Crippen molar-refractivity contribution in [3.63, 3.8) is 0 Å². The summed E-state index contributed by atoms with van der Waals surface area (Å²) >= 11 is 0. The molecule has 0 aliphatic heterocycles. The molecule has 0 amide bonds. The average Bonchev–Trinajstić information content (AvgIpc) is 2.97. The van der Waals surface area contributed by atoms with Crippen LogP contribution in [0.15, 0.2) is 143 Å². The van der Waals surface area contributed by atoms with Crippen LogP contribution in [0.2, 0.25) is 0 Å². The Kier molecular flexibility index (Phi) is 8.50. The van der Waals surface area contributed by atoms with E-state index in [9.17, 15) is 16.8 Å². The largest absolute Gasteiger partial charge is 0.269 e. The molecule has 0 aromatic heterocycles. The van der Waals surface area contributed by atoms with E-state index in [2.05, 4.69) is 6.58 Å². The molecule has 4 aromatic rings. The Morgan fingerprint density at radius 3 is 1.60 bits per heavy atom. The van der Waals surface area contributed by atoms with Crippen LogP contribution in [-0.4, -0.2) is 31.5 Å². The zero-order valence-corrected chi connectivity index (χ0v) is 25.4. The normalized spacial score (nSPS) is 16.4. The highest BCUT2D eigenvalue weighted by molar-refractivity contribution is 7.89. The van der Waals surface area contributed by atoms with Crippen LogP contribution in [-0.2, 0) is 33.1 Å². The fraction of sp³-hybridized carbons (Fsp3) is 0.176. The summed E-state index contributed by atoms with van der Waals surface area (Å²) in [7, 11) is -7.91. The van der Waals surface area contributed by atoms with E-state index in [0.717, 1.165) is 22.3 Å². The lowest BCUT2D eigenvalue weighted by Crippen LogP contribution is -2.47. The molecule has 6 nitrogen and oxygen atoms in total. The van der Waals surface area contributed by atoms with Gasteiger partial charge in [0.2, 0.25) is 10.0 Å². The van der Waals surface area contributed by atoms with E-state index in [4.69, 9.17) is 0 Å². The number of hydrogen-bond donors (Lipinski definition) is 0. The van der Waals surface area contributed by atoms with E-state index in [1.807, 2.05) is 74.5 Å². The fourth-order valence-electron chi connectivity index (χ4n) is 5.01. The number of rotatable bonds is 10. The summed E-state index contributed by atoms with van der Waals surface area (Å²) in [5.41, 5.74) is 4.91. The Balaban J connectivity index is 1.59. The maximum absolute atomic E-state index is 14.1. The van der Waals surface area contributed by atoms with Crippen LogP contribution in [0.5, 0.6) is 0 Å². The average molecular weight is 599 g/mol. The molecule has 8 heteroatoms. The van der Waals surface area contributed by atoms with E-state index in [0.29, 0.717) is 17.6 Å². The lowest BCUT2D eigenvalue weighted by atomic mass is 9.81. The second kappa shape index (κ2) is 12.1. The van der Waals surface area contributed by atoms with Crippen molar-refractivity contribution < 1.29 is 16.8 Å². The zero-order chi connectivity index (χ0) is 29.9. The molecule has 1 fully saturated rings. The van der Waals surface area contributed by atoms with Crippen LogP contribution >= 0.6 is 0 Å². The molecule has 0 radical (unpaired) electrons. The SMILES string of the molecule is C=C1C/C(=C\N(Cc2ccccc2)S(=O)(=O)c2ccc(C)cc2)C1N(Cc1ccccc1)S(=O)(=O)c1ccc(C)cc1. The topological polar surface area (TPSA) is 74.8 Å². The summed E-state index contributed by atoms with van der Waals surface area (Å²) in [5, 5.41) is 0. The predicted octanol–water partition coefficient (Wildman–Crippen LogP) is 6.60. The molecule has 1 aliphatic rings. The van der Waals surface area contributed by atoms with Crippen molar-refractivity contribution in [2.24, 2.45) is 0 Å². The molecular formula is C34H34N2O4S2. The molecule has 216 valence electrons. The summed E-state index contributed by atoms with van der Waals surface area (Å²) < 4.78 is 58.9. The molecule has 42 heavy (non-hydrogen) atoms. The molecule has 1 unspecified atom stereocenters. The molecule has 4 aromatic carbocycles. The highest BCUT2D eigenvalue weighted by Crippen LogP contribution is 2.40. The Morgan fingerprint density at radius 1 is 0.667 bits per heavy atom. The molecule has 5 rings (SSSR count). The first-order chi connectivity index (χ1) is 20.1. The molecular weight excluding hydrogens is 565 g/mol. The van der Waals surface area contributed by atoms with E-state index >= 15 is 0 Å². The van der Waals surface area contributed by atoms with E-state index < -0.39 is 26.1 Å². The number of hydrogen-bond acceptors (Lipinski definition) is 4. The lowest BCUT2D eigenvalue weighted by Gasteiger charge is -2.42. The third kappa shape index (κ3) is 6.26. The fourth-order valence-corrected chi connectivity index (χ4v) is 7.99. The second-order valence-electron chi connectivity index (χ2n) is 10.6. The van der Waals surface area contributed by atoms with Crippen LogP contribution in [0.4, 0.5) is 0 Å². The van der Waals surface area contributed by atoms with Gasteiger partial charge in [-0.15, -0.1) is 0 Å². The Morgan fingerprint density at radius 2 is 1.12 bits per heavy atom. The molecule has 0 N–H and O–H groups in total. The number of nitrogens with zero attached hydrogens (tertiary/aromatic N) is 2. The van der Waals surface area contributed by atoms with Gasteiger partial charge in [0.05, 0.1) is 22.4 Å².